The first kappa shape index (κ1) is 15.8. The van der Waals surface area contributed by atoms with E-state index in [1.807, 2.05) is 30.3 Å². The van der Waals surface area contributed by atoms with Crippen LogP contribution in [0.25, 0.3) is 5.69 Å². The van der Waals surface area contributed by atoms with Gasteiger partial charge in [-0.1, -0.05) is 18.2 Å². The molecular weight excluding hydrogens is 282 g/mol. The molecule has 1 aromatic heterocycles. The van der Waals surface area contributed by atoms with Crippen molar-refractivity contribution in [2.75, 3.05) is 5.32 Å². The van der Waals surface area contributed by atoms with E-state index >= 15 is 0 Å². The van der Waals surface area contributed by atoms with Gasteiger partial charge in [-0.05, 0) is 39.8 Å². The van der Waals surface area contributed by atoms with Crippen LogP contribution in [0.1, 0.15) is 36.8 Å². The van der Waals surface area contributed by atoms with Crippen molar-refractivity contribution < 1.29 is 14.3 Å². The van der Waals surface area contributed by atoms with Crippen molar-refractivity contribution in [1.82, 2.24) is 9.78 Å². The summed E-state index contributed by atoms with van der Waals surface area (Å²) in [5.41, 5.74) is 0.974. The zero-order valence-corrected chi connectivity index (χ0v) is 13.1. The highest BCUT2D eigenvalue weighted by atomic mass is 16.6. The van der Waals surface area contributed by atoms with Crippen molar-refractivity contribution in [3.8, 4) is 5.69 Å². The normalized spacial score (nSPS) is 11.1. The quantitative estimate of drug-likeness (QED) is 0.882. The monoisotopic (exact) mass is 301 g/mol. The summed E-state index contributed by atoms with van der Waals surface area (Å²) in [6.07, 6.45) is 0.0433. The lowest BCUT2D eigenvalue weighted by Gasteiger charge is -2.20. The Balaban J connectivity index is 2.41. The molecule has 1 heterocycles. The van der Waals surface area contributed by atoms with Crippen LogP contribution >= 0.6 is 0 Å². The molecule has 22 heavy (non-hydrogen) atoms. The number of aryl methyl sites for hydroxylation is 1. The van der Waals surface area contributed by atoms with Gasteiger partial charge in [0.2, 0.25) is 0 Å². The Morgan fingerprint density at radius 2 is 1.91 bits per heavy atom. The lowest BCUT2D eigenvalue weighted by Crippen LogP contribution is -2.28. The standard InChI is InChI=1S/C16H19N3O3/c1-11-13(10-20)14(17-15(21)22-16(2,3)4)19(18-11)12-8-6-5-7-9-12/h5-10H,1-4H3,(H,17,21). The summed E-state index contributed by atoms with van der Waals surface area (Å²) in [6.45, 7) is 7.02. The molecular formula is C16H19N3O3. The summed E-state index contributed by atoms with van der Waals surface area (Å²) in [6, 6.07) is 9.25. The first-order valence-electron chi connectivity index (χ1n) is 6.92. The summed E-state index contributed by atoms with van der Waals surface area (Å²) in [5, 5.41) is 6.93. The molecule has 2 aromatic rings. The maximum atomic E-state index is 12.0. The molecule has 0 bridgehead atoms. The third-order valence-corrected chi connectivity index (χ3v) is 2.84. The van der Waals surface area contributed by atoms with E-state index in [2.05, 4.69) is 10.4 Å². The van der Waals surface area contributed by atoms with Crippen molar-refractivity contribution in [3.63, 3.8) is 0 Å². The fourth-order valence-corrected chi connectivity index (χ4v) is 1.96. The molecule has 1 amide bonds. The number of benzene rings is 1. The first-order chi connectivity index (χ1) is 10.3. The Morgan fingerprint density at radius 1 is 1.27 bits per heavy atom. The van der Waals surface area contributed by atoms with E-state index in [4.69, 9.17) is 4.74 Å². The molecule has 0 atom stereocenters. The van der Waals surface area contributed by atoms with Crippen LogP contribution in [0.4, 0.5) is 10.6 Å². The number of nitrogens with zero attached hydrogens (tertiary/aromatic N) is 2. The van der Waals surface area contributed by atoms with Gasteiger partial charge in [-0.2, -0.15) is 5.10 Å². The van der Waals surface area contributed by atoms with Gasteiger partial charge in [0.15, 0.2) is 6.29 Å². The minimum atomic E-state index is -0.632. The van der Waals surface area contributed by atoms with Crippen LogP contribution in [0.15, 0.2) is 30.3 Å². The molecule has 0 aliphatic carbocycles. The second-order valence-corrected chi connectivity index (χ2v) is 5.84. The molecule has 0 radical (unpaired) electrons. The summed E-state index contributed by atoms with van der Waals surface area (Å²) in [5.74, 6) is 0.299. The third-order valence-electron chi connectivity index (χ3n) is 2.84. The second-order valence-electron chi connectivity index (χ2n) is 5.84. The van der Waals surface area contributed by atoms with Gasteiger partial charge in [0.1, 0.15) is 11.4 Å². The number of carbonyl (C=O) groups excluding carboxylic acids is 2. The molecule has 116 valence electrons. The molecule has 6 heteroatoms. The third kappa shape index (κ3) is 3.52. The lowest BCUT2D eigenvalue weighted by atomic mass is 10.2. The Hall–Kier alpha value is -2.63. The number of ether oxygens (including phenoxy) is 1. The number of aromatic nitrogens is 2. The van der Waals surface area contributed by atoms with E-state index in [1.165, 1.54) is 4.68 Å². The number of para-hydroxylation sites is 1. The predicted octanol–water partition coefficient (Wildman–Crippen LogP) is 3.34. The number of aldehydes is 1. The fourth-order valence-electron chi connectivity index (χ4n) is 1.96. The first-order valence-corrected chi connectivity index (χ1v) is 6.92. The number of hydrogen-bond donors (Lipinski definition) is 1. The highest BCUT2D eigenvalue weighted by molar-refractivity contribution is 5.93. The van der Waals surface area contributed by atoms with Gasteiger partial charge in [0.25, 0.3) is 0 Å². The van der Waals surface area contributed by atoms with E-state index in [-0.39, 0.29) is 0 Å². The molecule has 2 rings (SSSR count). The van der Waals surface area contributed by atoms with Gasteiger partial charge in [-0.25, -0.2) is 9.48 Å². The van der Waals surface area contributed by atoms with Crippen molar-refractivity contribution in [2.24, 2.45) is 0 Å². The molecule has 0 aliphatic rings. The zero-order chi connectivity index (χ0) is 16.3. The molecule has 6 nitrogen and oxygen atoms in total. The highest BCUT2D eigenvalue weighted by Gasteiger charge is 2.21. The highest BCUT2D eigenvalue weighted by Crippen LogP contribution is 2.23. The predicted molar refractivity (Wildman–Crippen MR) is 83.5 cm³/mol. The van der Waals surface area contributed by atoms with Gasteiger partial charge < -0.3 is 4.74 Å². The minimum absolute atomic E-state index is 0.299. The van der Waals surface area contributed by atoms with Gasteiger partial charge in [-0.15, -0.1) is 0 Å². The molecule has 0 unspecified atom stereocenters. The molecule has 1 N–H and O–H groups in total. The van der Waals surface area contributed by atoms with Crippen LogP contribution in [0.3, 0.4) is 0 Å². The number of hydrogen-bond acceptors (Lipinski definition) is 4. The Morgan fingerprint density at radius 3 is 2.45 bits per heavy atom. The number of rotatable bonds is 3. The minimum Gasteiger partial charge on any atom is -0.444 e. The van der Waals surface area contributed by atoms with Crippen molar-refractivity contribution in [2.45, 2.75) is 33.3 Å². The fraction of sp³-hybridized carbons (Fsp3) is 0.312. The Labute approximate surface area is 129 Å². The average Bonchev–Trinajstić information content (AvgIpc) is 2.73. The molecule has 0 fully saturated rings. The van der Waals surface area contributed by atoms with E-state index in [0.29, 0.717) is 23.4 Å². The van der Waals surface area contributed by atoms with E-state index in [9.17, 15) is 9.59 Å². The molecule has 0 saturated carbocycles. The van der Waals surface area contributed by atoms with Gasteiger partial charge >= 0.3 is 6.09 Å². The molecule has 1 aromatic carbocycles. The zero-order valence-electron chi connectivity index (χ0n) is 13.1. The van der Waals surface area contributed by atoms with E-state index in [0.717, 1.165) is 5.69 Å². The Bertz CT molecular complexity index is 685. The second kappa shape index (κ2) is 6.01. The van der Waals surface area contributed by atoms with Crippen LogP contribution in [0.2, 0.25) is 0 Å². The number of anilines is 1. The van der Waals surface area contributed by atoms with Crippen molar-refractivity contribution in [3.05, 3.63) is 41.6 Å². The smallest absolute Gasteiger partial charge is 0.413 e. The van der Waals surface area contributed by atoms with Crippen LogP contribution in [-0.4, -0.2) is 27.8 Å². The van der Waals surface area contributed by atoms with Crippen molar-refractivity contribution >= 4 is 18.2 Å². The Kier molecular flexibility index (Phi) is 4.30. The van der Waals surface area contributed by atoms with E-state index < -0.39 is 11.7 Å². The number of carbonyl (C=O) groups is 2. The summed E-state index contributed by atoms with van der Waals surface area (Å²) in [4.78, 5) is 23.3. The van der Waals surface area contributed by atoms with Crippen LogP contribution < -0.4 is 5.32 Å². The summed E-state index contributed by atoms with van der Waals surface area (Å²) in [7, 11) is 0. The van der Waals surface area contributed by atoms with E-state index in [1.54, 1.807) is 27.7 Å². The van der Waals surface area contributed by atoms with Crippen molar-refractivity contribution in [1.29, 1.82) is 0 Å². The van der Waals surface area contributed by atoms with Gasteiger partial charge in [-0.3, -0.25) is 10.1 Å². The largest absolute Gasteiger partial charge is 0.444 e. The average molecular weight is 301 g/mol. The maximum absolute atomic E-state index is 12.0. The van der Waals surface area contributed by atoms with Crippen LogP contribution in [-0.2, 0) is 4.74 Å². The topological polar surface area (TPSA) is 73.2 Å². The molecule has 0 aliphatic heterocycles. The number of amides is 1. The summed E-state index contributed by atoms with van der Waals surface area (Å²) < 4.78 is 6.75. The lowest BCUT2D eigenvalue weighted by molar-refractivity contribution is 0.0635. The van der Waals surface area contributed by atoms with Crippen LogP contribution in [0, 0.1) is 6.92 Å². The SMILES string of the molecule is Cc1nn(-c2ccccc2)c(NC(=O)OC(C)(C)C)c1C=O. The molecule has 0 saturated heterocycles. The van der Waals surface area contributed by atoms with Gasteiger partial charge in [0, 0.05) is 0 Å². The van der Waals surface area contributed by atoms with Gasteiger partial charge in [0.05, 0.1) is 16.9 Å². The maximum Gasteiger partial charge on any atom is 0.413 e. The number of nitrogens with one attached hydrogen (secondary N) is 1. The van der Waals surface area contributed by atoms with Crippen LogP contribution in [0.5, 0.6) is 0 Å². The summed E-state index contributed by atoms with van der Waals surface area (Å²) >= 11 is 0. The molecule has 0 spiro atoms.